The van der Waals surface area contributed by atoms with Crippen molar-refractivity contribution in [2.75, 3.05) is 18.9 Å². The highest BCUT2D eigenvalue weighted by atomic mass is 16.5. The first-order chi connectivity index (χ1) is 12.4. The quantitative estimate of drug-likeness (QED) is 0.746. The largest absolute Gasteiger partial charge is 0.360 e. The molecule has 0 unspecified atom stereocenters. The average molecular weight is 354 g/mol. The van der Waals surface area contributed by atoms with Gasteiger partial charge in [-0.25, -0.2) is 0 Å². The van der Waals surface area contributed by atoms with Crippen molar-refractivity contribution in [3.05, 3.63) is 53.5 Å². The lowest BCUT2D eigenvalue weighted by molar-refractivity contribution is -0.116. The van der Waals surface area contributed by atoms with Gasteiger partial charge in [0, 0.05) is 13.1 Å². The first kappa shape index (κ1) is 17.3. The van der Waals surface area contributed by atoms with E-state index in [1.54, 1.807) is 19.9 Å². The smallest absolute Gasteiger partial charge is 0.276 e. The van der Waals surface area contributed by atoms with Gasteiger partial charge in [-0.15, -0.1) is 5.10 Å². The number of nitrogens with zero attached hydrogens (tertiary/aromatic N) is 5. The Hall–Kier alpha value is -3.49. The topological polar surface area (TPSA) is 106 Å². The number of carbonyl (C=O) groups is 2. The predicted octanol–water partition coefficient (Wildman–Crippen LogP) is 1.58. The second kappa shape index (κ2) is 7.18. The summed E-state index contributed by atoms with van der Waals surface area (Å²) in [5, 5.41) is 14.8. The van der Waals surface area contributed by atoms with E-state index in [-0.39, 0.29) is 18.1 Å². The Bertz CT molecular complexity index is 931. The Morgan fingerprint density at radius 1 is 1.19 bits per heavy atom. The molecule has 134 valence electrons. The number of rotatable bonds is 5. The summed E-state index contributed by atoms with van der Waals surface area (Å²) in [6.45, 7) is 3.27. The number of benzene rings is 1. The Labute approximate surface area is 149 Å². The number of likely N-dealkylation sites (N-methyl/N-ethyl adjacent to an activating group) is 1. The fourth-order valence-electron chi connectivity index (χ4n) is 2.33. The maximum atomic E-state index is 12.6. The van der Waals surface area contributed by atoms with E-state index >= 15 is 0 Å². The van der Waals surface area contributed by atoms with Gasteiger partial charge in [-0.05, 0) is 26.0 Å². The normalized spacial score (nSPS) is 10.6. The van der Waals surface area contributed by atoms with Gasteiger partial charge in [-0.1, -0.05) is 23.4 Å². The van der Waals surface area contributed by atoms with Gasteiger partial charge < -0.3 is 14.7 Å². The summed E-state index contributed by atoms with van der Waals surface area (Å²) in [6.07, 6.45) is 0. The summed E-state index contributed by atoms with van der Waals surface area (Å²) in [5.41, 5.74) is 1.43. The molecule has 0 bridgehead atoms. The maximum Gasteiger partial charge on any atom is 0.276 e. The van der Waals surface area contributed by atoms with Crippen LogP contribution in [0.2, 0.25) is 0 Å². The lowest BCUT2D eigenvalue weighted by Crippen LogP contribution is -2.35. The second-order valence-electron chi connectivity index (χ2n) is 5.79. The van der Waals surface area contributed by atoms with E-state index in [0.717, 1.165) is 5.69 Å². The SMILES string of the molecule is Cc1cc(NC(=O)CN(C)C(=O)c2nn(-c3ccccc3)nc2C)no1. The van der Waals surface area contributed by atoms with Crippen LogP contribution in [-0.2, 0) is 4.79 Å². The molecule has 9 nitrogen and oxygen atoms in total. The van der Waals surface area contributed by atoms with Gasteiger partial charge in [0.15, 0.2) is 11.5 Å². The third kappa shape index (κ3) is 3.77. The first-order valence-electron chi connectivity index (χ1n) is 7.92. The van der Waals surface area contributed by atoms with Crippen LogP contribution in [0.15, 0.2) is 40.9 Å². The summed E-state index contributed by atoms with van der Waals surface area (Å²) in [7, 11) is 1.52. The summed E-state index contributed by atoms with van der Waals surface area (Å²) >= 11 is 0. The van der Waals surface area contributed by atoms with Gasteiger partial charge in [-0.3, -0.25) is 9.59 Å². The monoisotopic (exact) mass is 354 g/mol. The molecule has 0 atom stereocenters. The van der Waals surface area contributed by atoms with Crippen LogP contribution in [0, 0.1) is 13.8 Å². The Kier molecular flexibility index (Phi) is 4.78. The Morgan fingerprint density at radius 2 is 1.92 bits per heavy atom. The number of carbonyl (C=O) groups excluding carboxylic acids is 2. The van der Waals surface area contributed by atoms with Crippen LogP contribution < -0.4 is 5.32 Å². The molecule has 0 fully saturated rings. The van der Waals surface area contributed by atoms with Crippen molar-refractivity contribution in [1.29, 1.82) is 0 Å². The van der Waals surface area contributed by atoms with E-state index in [2.05, 4.69) is 20.7 Å². The number of nitrogens with one attached hydrogen (secondary N) is 1. The highest BCUT2D eigenvalue weighted by molar-refractivity contribution is 5.98. The molecule has 3 rings (SSSR count). The molecule has 0 aliphatic rings. The average Bonchev–Trinajstić information content (AvgIpc) is 3.20. The molecule has 0 radical (unpaired) electrons. The first-order valence-corrected chi connectivity index (χ1v) is 7.92. The molecule has 0 aliphatic heterocycles. The minimum Gasteiger partial charge on any atom is -0.360 e. The van der Waals surface area contributed by atoms with Crippen LogP contribution in [-0.4, -0.2) is 50.5 Å². The van der Waals surface area contributed by atoms with E-state index < -0.39 is 5.91 Å². The van der Waals surface area contributed by atoms with Gasteiger partial charge in [0.1, 0.15) is 5.76 Å². The van der Waals surface area contributed by atoms with Crippen LogP contribution in [0.4, 0.5) is 5.82 Å². The minimum absolute atomic E-state index is 0.150. The lowest BCUT2D eigenvalue weighted by Gasteiger charge is -2.14. The van der Waals surface area contributed by atoms with Crippen molar-refractivity contribution in [3.8, 4) is 5.69 Å². The number of aryl methyl sites for hydroxylation is 2. The third-order valence-electron chi connectivity index (χ3n) is 3.59. The molecule has 26 heavy (non-hydrogen) atoms. The number of aromatic nitrogens is 4. The third-order valence-corrected chi connectivity index (χ3v) is 3.59. The predicted molar refractivity (Wildman–Crippen MR) is 92.9 cm³/mol. The van der Waals surface area contributed by atoms with E-state index in [9.17, 15) is 9.59 Å². The Morgan fingerprint density at radius 3 is 2.58 bits per heavy atom. The zero-order valence-electron chi connectivity index (χ0n) is 14.6. The van der Waals surface area contributed by atoms with Gasteiger partial charge in [0.05, 0.1) is 17.9 Å². The van der Waals surface area contributed by atoms with Crippen molar-refractivity contribution in [3.63, 3.8) is 0 Å². The highest BCUT2D eigenvalue weighted by Crippen LogP contribution is 2.11. The van der Waals surface area contributed by atoms with Crippen molar-refractivity contribution in [1.82, 2.24) is 25.1 Å². The van der Waals surface area contributed by atoms with E-state index in [0.29, 0.717) is 17.3 Å². The second-order valence-corrected chi connectivity index (χ2v) is 5.79. The molecule has 2 aromatic heterocycles. The molecule has 2 heterocycles. The summed E-state index contributed by atoms with van der Waals surface area (Å²) in [5.74, 6) is 0.107. The molecule has 0 aliphatic carbocycles. The van der Waals surface area contributed by atoms with E-state index in [4.69, 9.17) is 4.52 Å². The molecule has 0 saturated heterocycles. The highest BCUT2D eigenvalue weighted by Gasteiger charge is 2.22. The van der Waals surface area contributed by atoms with E-state index in [1.165, 1.54) is 16.7 Å². The fraction of sp³-hybridized carbons (Fsp3) is 0.235. The summed E-state index contributed by atoms with van der Waals surface area (Å²) in [6, 6.07) is 10.9. The van der Waals surface area contributed by atoms with Crippen LogP contribution >= 0.6 is 0 Å². The zero-order chi connectivity index (χ0) is 18.7. The standard InChI is InChI=1S/C17H18N6O3/c1-11-9-14(21-26-11)18-15(24)10-22(3)17(25)16-12(2)19-23(20-16)13-7-5-4-6-8-13/h4-9H,10H2,1-3H3,(H,18,21,24). The summed E-state index contributed by atoms with van der Waals surface area (Å²) in [4.78, 5) is 27.3. The number of hydrogen-bond donors (Lipinski definition) is 1. The van der Waals surface area contributed by atoms with Crippen molar-refractivity contribution in [2.45, 2.75) is 13.8 Å². The van der Waals surface area contributed by atoms with Crippen LogP contribution in [0.25, 0.3) is 5.69 Å². The lowest BCUT2D eigenvalue weighted by atomic mass is 10.3. The summed E-state index contributed by atoms with van der Waals surface area (Å²) < 4.78 is 4.88. The molecule has 2 amide bonds. The van der Waals surface area contributed by atoms with Crippen LogP contribution in [0.5, 0.6) is 0 Å². The zero-order valence-corrected chi connectivity index (χ0v) is 14.6. The number of anilines is 1. The van der Waals surface area contributed by atoms with Crippen molar-refractivity contribution < 1.29 is 14.1 Å². The van der Waals surface area contributed by atoms with Crippen molar-refractivity contribution in [2.24, 2.45) is 0 Å². The molecule has 1 N–H and O–H groups in total. The fourth-order valence-corrected chi connectivity index (χ4v) is 2.33. The Balaban J connectivity index is 1.68. The molecule has 0 saturated carbocycles. The van der Waals surface area contributed by atoms with Crippen molar-refractivity contribution >= 4 is 17.6 Å². The molecular weight excluding hydrogens is 336 g/mol. The van der Waals surface area contributed by atoms with Gasteiger partial charge in [0.2, 0.25) is 5.91 Å². The minimum atomic E-state index is -0.392. The number of hydrogen-bond acceptors (Lipinski definition) is 6. The molecule has 3 aromatic rings. The molecule has 9 heteroatoms. The van der Waals surface area contributed by atoms with Crippen LogP contribution in [0.1, 0.15) is 21.9 Å². The molecule has 0 spiro atoms. The van der Waals surface area contributed by atoms with Gasteiger partial charge >= 0.3 is 0 Å². The van der Waals surface area contributed by atoms with Crippen LogP contribution in [0.3, 0.4) is 0 Å². The van der Waals surface area contributed by atoms with Gasteiger partial charge in [0.25, 0.3) is 5.91 Å². The number of para-hydroxylation sites is 1. The maximum absolute atomic E-state index is 12.6. The number of amides is 2. The molecular formula is C17H18N6O3. The van der Waals surface area contributed by atoms with E-state index in [1.807, 2.05) is 30.3 Å². The van der Waals surface area contributed by atoms with Gasteiger partial charge in [-0.2, -0.15) is 9.90 Å². The molecule has 1 aromatic carbocycles.